The first-order valence-electron chi connectivity index (χ1n) is 7.70. The molecule has 1 aliphatic heterocycles. The van der Waals surface area contributed by atoms with Gasteiger partial charge in [0.25, 0.3) is 5.91 Å². The van der Waals surface area contributed by atoms with Crippen LogP contribution in [0.15, 0.2) is 30.3 Å². The second-order valence-electron chi connectivity index (χ2n) is 6.04. The molecule has 0 spiro atoms. The third kappa shape index (κ3) is 3.90. The van der Waals surface area contributed by atoms with E-state index in [1.165, 1.54) is 4.90 Å². The molecule has 1 aromatic carbocycles. The number of carbonyl (C=O) groups is 2. The summed E-state index contributed by atoms with van der Waals surface area (Å²) in [7, 11) is -3.12. The Balaban J connectivity index is 1.74. The number of hydrogen-bond acceptors (Lipinski definition) is 5. The second-order valence-corrected chi connectivity index (χ2v) is 8.27. The molecular formula is C16H19NO5S. The van der Waals surface area contributed by atoms with Gasteiger partial charge in [0.05, 0.1) is 23.5 Å². The molecule has 0 unspecified atom stereocenters. The molecule has 1 aromatic rings. The minimum atomic E-state index is -3.12. The van der Waals surface area contributed by atoms with Gasteiger partial charge in [-0.15, -0.1) is 0 Å². The van der Waals surface area contributed by atoms with E-state index < -0.39 is 15.9 Å². The first-order chi connectivity index (χ1) is 11.0. The van der Waals surface area contributed by atoms with Crippen LogP contribution in [0.1, 0.15) is 19.3 Å². The molecular weight excluding hydrogens is 318 g/mol. The minimum absolute atomic E-state index is 0.0514. The highest BCUT2D eigenvalue weighted by atomic mass is 32.2. The number of hydrogen-bond donors (Lipinski definition) is 0. The molecule has 2 fully saturated rings. The van der Waals surface area contributed by atoms with Crippen molar-refractivity contribution in [2.24, 2.45) is 5.92 Å². The van der Waals surface area contributed by atoms with Crippen LogP contribution >= 0.6 is 0 Å². The van der Waals surface area contributed by atoms with Gasteiger partial charge < -0.3 is 9.64 Å². The Hall–Kier alpha value is -1.89. The summed E-state index contributed by atoms with van der Waals surface area (Å²) in [4.78, 5) is 25.6. The Labute approximate surface area is 135 Å². The van der Waals surface area contributed by atoms with E-state index in [1.54, 1.807) is 24.3 Å². The van der Waals surface area contributed by atoms with Crippen LogP contribution in [0.25, 0.3) is 0 Å². The quantitative estimate of drug-likeness (QED) is 0.753. The fourth-order valence-corrected chi connectivity index (χ4v) is 4.47. The predicted molar refractivity (Wildman–Crippen MR) is 84.7 cm³/mol. The Morgan fingerprint density at radius 3 is 2.39 bits per heavy atom. The van der Waals surface area contributed by atoms with Crippen molar-refractivity contribution in [1.82, 2.24) is 0 Å². The lowest BCUT2D eigenvalue weighted by Gasteiger charge is -2.28. The van der Waals surface area contributed by atoms with Gasteiger partial charge in [0.2, 0.25) is 0 Å². The molecule has 3 rings (SSSR count). The van der Waals surface area contributed by atoms with Gasteiger partial charge in [-0.25, -0.2) is 8.42 Å². The van der Waals surface area contributed by atoms with Crippen LogP contribution in [0.3, 0.4) is 0 Å². The second kappa shape index (κ2) is 6.31. The molecule has 0 bridgehead atoms. The van der Waals surface area contributed by atoms with Gasteiger partial charge in [-0.1, -0.05) is 18.2 Å². The monoisotopic (exact) mass is 337 g/mol. The summed E-state index contributed by atoms with van der Waals surface area (Å²) in [6, 6.07) is 8.50. The van der Waals surface area contributed by atoms with Crippen molar-refractivity contribution >= 4 is 27.4 Å². The van der Waals surface area contributed by atoms with Crippen molar-refractivity contribution in [1.29, 1.82) is 0 Å². The lowest BCUT2D eigenvalue weighted by molar-refractivity contribution is -0.149. The van der Waals surface area contributed by atoms with Crippen molar-refractivity contribution in [3.05, 3.63) is 30.3 Å². The summed E-state index contributed by atoms with van der Waals surface area (Å²) in [5, 5.41) is 0. The van der Waals surface area contributed by atoms with Crippen LogP contribution in [-0.2, 0) is 24.2 Å². The molecule has 23 heavy (non-hydrogen) atoms. The molecule has 0 radical (unpaired) electrons. The zero-order valence-electron chi connectivity index (χ0n) is 12.7. The van der Waals surface area contributed by atoms with Gasteiger partial charge in [-0.2, -0.15) is 0 Å². The standard InChI is InChI=1S/C16H19NO5S/c18-15(10-22-16(19)12-6-7-12)17(13-4-2-1-3-5-13)14-8-9-23(20,21)11-14/h1-5,12,14H,6-11H2/t14-/m0/s1. The zero-order valence-corrected chi connectivity index (χ0v) is 13.5. The van der Waals surface area contributed by atoms with E-state index >= 15 is 0 Å². The molecule has 6 nitrogen and oxygen atoms in total. The number of amides is 1. The summed E-state index contributed by atoms with van der Waals surface area (Å²) in [6.07, 6.45) is 2.03. The van der Waals surface area contributed by atoms with Crippen LogP contribution in [-0.4, -0.2) is 44.4 Å². The number of ether oxygens (including phenoxy) is 1. The molecule has 2 aliphatic rings. The van der Waals surface area contributed by atoms with Crippen LogP contribution in [0.5, 0.6) is 0 Å². The molecule has 124 valence electrons. The third-order valence-corrected chi connectivity index (χ3v) is 5.88. The van der Waals surface area contributed by atoms with Crippen molar-refractivity contribution in [3.63, 3.8) is 0 Å². The molecule has 1 saturated carbocycles. The van der Waals surface area contributed by atoms with Gasteiger partial charge >= 0.3 is 5.97 Å². The average molecular weight is 337 g/mol. The number of nitrogens with zero attached hydrogens (tertiary/aromatic N) is 1. The van der Waals surface area contributed by atoms with Gasteiger partial charge in [-0.05, 0) is 31.4 Å². The fraction of sp³-hybridized carbons (Fsp3) is 0.500. The Morgan fingerprint density at radius 2 is 1.83 bits per heavy atom. The number of anilines is 1. The highest BCUT2D eigenvalue weighted by molar-refractivity contribution is 7.91. The lowest BCUT2D eigenvalue weighted by atomic mass is 10.2. The smallest absolute Gasteiger partial charge is 0.309 e. The van der Waals surface area contributed by atoms with Crippen LogP contribution < -0.4 is 4.90 Å². The number of rotatable bonds is 5. The maximum absolute atomic E-state index is 12.5. The Kier molecular flexibility index (Phi) is 4.39. The first kappa shape index (κ1) is 16.0. The highest BCUT2D eigenvalue weighted by Gasteiger charge is 2.37. The summed E-state index contributed by atoms with van der Waals surface area (Å²) < 4.78 is 28.5. The largest absolute Gasteiger partial charge is 0.455 e. The summed E-state index contributed by atoms with van der Waals surface area (Å²) in [5.41, 5.74) is 0.627. The lowest BCUT2D eigenvalue weighted by Crippen LogP contribution is -2.43. The van der Waals surface area contributed by atoms with Crippen LogP contribution in [0, 0.1) is 5.92 Å². The molecule has 1 heterocycles. The van der Waals surface area contributed by atoms with E-state index in [9.17, 15) is 18.0 Å². The number of esters is 1. The molecule has 1 saturated heterocycles. The van der Waals surface area contributed by atoms with E-state index in [4.69, 9.17) is 4.74 Å². The van der Waals surface area contributed by atoms with Crippen molar-refractivity contribution in [3.8, 4) is 0 Å². The predicted octanol–water partition coefficient (Wildman–Crippen LogP) is 1.16. The summed E-state index contributed by atoms with van der Waals surface area (Å²) in [6.45, 7) is -0.346. The normalized spacial score (nSPS) is 22.5. The van der Waals surface area contributed by atoms with E-state index in [0.717, 1.165) is 12.8 Å². The molecule has 7 heteroatoms. The number of para-hydroxylation sites is 1. The maximum Gasteiger partial charge on any atom is 0.309 e. The molecule has 0 aromatic heterocycles. The Morgan fingerprint density at radius 1 is 1.13 bits per heavy atom. The first-order valence-corrected chi connectivity index (χ1v) is 9.52. The number of carbonyl (C=O) groups excluding carboxylic acids is 2. The van der Waals surface area contributed by atoms with Crippen molar-refractivity contribution < 1.29 is 22.7 Å². The highest BCUT2D eigenvalue weighted by Crippen LogP contribution is 2.30. The van der Waals surface area contributed by atoms with Gasteiger partial charge in [0, 0.05) is 5.69 Å². The molecule has 0 N–H and O–H groups in total. The SMILES string of the molecule is O=C(OCC(=O)N(c1ccccc1)[C@H]1CCS(=O)(=O)C1)C1CC1. The van der Waals surface area contributed by atoms with Crippen LogP contribution in [0.4, 0.5) is 5.69 Å². The molecule has 1 atom stereocenters. The topological polar surface area (TPSA) is 80.8 Å². The third-order valence-electron chi connectivity index (χ3n) is 4.13. The Bertz CT molecular complexity index is 696. The van der Waals surface area contributed by atoms with E-state index in [2.05, 4.69) is 0 Å². The minimum Gasteiger partial charge on any atom is -0.455 e. The van der Waals surface area contributed by atoms with Crippen molar-refractivity contribution in [2.75, 3.05) is 23.0 Å². The molecule has 1 aliphatic carbocycles. The molecule has 1 amide bonds. The maximum atomic E-state index is 12.5. The van der Waals surface area contributed by atoms with Gasteiger partial charge in [0.15, 0.2) is 16.4 Å². The fourth-order valence-electron chi connectivity index (χ4n) is 2.77. The zero-order chi connectivity index (χ0) is 16.4. The summed E-state index contributed by atoms with van der Waals surface area (Å²) in [5.74, 6) is -0.766. The van der Waals surface area contributed by atoms with E-state index in [1.807, 2.05) is 6.07 Å². The van der Waals surface area contributed by atoms with Gasteiger partial charge in [-0.3, -0.25) is 9.59 Å². The van der Waals surface area contributed by atoms with E-state index in [-0.39, 0.29) is 35.9 Å². The van der Waals surface area contributed by atoms with Gasteiger partial charge in [0.1, 0.15) is 0 Å². The van der Waals surface area contributed by atoms with E-state index in [0.29, 0.717) is 12.1 Å². The van der Waals surface area contributed by atoms with Crippen LogP contribution in [0.2, 0.25) is 0 Å². The van der Waals surface area contributed by atoms with Crippen molar-refractivity contribution in [2.45, 2.75) is 25.3 Å². The average Bonchev–Trinajstić information content (AvgIpc) is 3.31. The summed E-state index contributed by atoms with van der Waals surface area (Å²) >= 11 is 0. The number of benzene rings is 1. The number of sulfone groups is 1.